The van der Waals surface area contributed by atoms with Crippen molar-refractivity contribution in [2.75, 3.05) is 13.1 Å². The van der Waals surface area contributed by atoms with Crippen LogP contribution in [-0.2, 0) is 0 Å². The molecule has 0 saturated carbocycles. The summed E-state index contributed by atoms with van der Waals surface area (Å²) >= 11 is 0. The highest BCUT2D eigenvalue weighted by atomic mass is 16.4. The molecule has 5 heterocycles. The van der Waals surface area contributed by atoms with Crippen LogP contribution in [0.1, 0.15) is 30.3 Å². The molecule has 1 N–H and O–H groups in total. The van der Waals surface area contributed by atoms with Gasteiger partial charge in [-0.1, -0.05) is 24.3 Å². The number of nitrogens with zero attached hydrogens (tertiary/aromatic N) is 1. The molecule has 3 saturated heterocycles. The second-order valence-electron chi connectivity index (χ2n) is 7.87. The molecule has 0 unspecified atom stereocenters. The van der Waals surface area contributed by atoms with Crippen molar-refractivity contribution in [3.05, 3.63) is 60.8 Å². The molecule has 0 spiro atoms. The zero-order valence-electron chi connectivity index (χ0n) is 15.9. The highest BCUT2D eigenvalue weighted by Gasteiger charge is 2.40. The summed E-state index contributed by atoms with van der Waals surface area (Å²) in [6, 6.07) is 14.2. The lowest BCUT2D eigenvalue weighted by atomic mass is 9.79. The monoisotopic (exact) mass is 376 g/mol. The Labute approximate surface area is 164 Å². The molecule has 2 bridgehead atoms. The topological polar surface area (TPSA) is 58.6 Å². The molecule has 2 aromatic heterocycles. The third-order valence-electron chi connectivity index (χ3n) is 6.33. The number of rotatable bonds is 4. The Morgan fingerprint density at radius 2 is 1.75 bits per heavy atom. The van der Waals surface area contributed by atoms with E-state index in [2.05, 4.69) is 17.1 Å². The van der Waals surface area contributed by atoms with E-state index in [1.165, 1.54) is 12.8 Å². The molecule has 144 valence electrons. The number of carbonyl (C=O) groups excluding carboxylic acids is 1. The summed E-state index contributed by atoms with van der Waals surface area (Å²) in [4.78, 5) is 15.2. The molecule has 3 fully saturated rings. The molecule has 3 aromatic rings. The minimum absolute atomic E-state index is 0.119. The van der Waals surface area contributed by atoms with Crippen molar-refractivity contribution in [1.29, 1.82) is 0 Å². The number of hydrogen-bond acceptors (Lipinski definition) is 4. The second-order valence-corrected chi connectivity index (χ2v) is 7.87. The summed E-state index contributed by atoms with van der Waals surface area (Å²) in [5.74, 6) is 1.53. The number of carbonyl (C=O) groups is 1. The number of fused-ring (bicyclic) bond motifs is 3. The molecule has 0 radical (unpaired) electrons. The van der Waals surface area contributed by atoms with E-state index < -0.39 is 0 Å². The van der Waals surface area contributed by atoms with Gasteiger partial charge in [-0.25, -0.2) is 0 Å². The van der Waals surface area contributed by atoms with E-state index in [0.29, 0.717) is 23.5 Å². The van der Waals surface area contributed by atoms with Crippen LogP contribution in [0.3, 0.4) is 0 Å². The Hall–Kier alpha value is -2.79. The minimum Gasteiger partial charge on any atom is -0.472 e. The number of nitrogens with one attached hydrogen (secondary N) is 1. The lowest BCUT2D eigenvalue weighted by molar-refractivity contribution is 0.0211. The van der Waals surface area contributed by atoms with Crippen molar-refractivity contribution in [3.63, 3.8) is 0 Å². The Morgan fingerprint density at radius 3 is 2.43 bits per heavy atom. The van der Waals surface area contributed by atoms with Gasteiger partial charge in [0.1, 0.15) is 5.76 Å². The van der Waals surface area contributed by atoms with Gasteiger partial charge in [-0.2, -0.15) is 0 Å². The van der Waals surface area contributed by atoms with E-state index in [1.54, 1.807) is 18.6 Å². The molecule has 5 heteroatoms. The number of piperidine rings is 3. The van der Waals surface area contributed by atoms with Crippen molar-refractivity contribution < 1.29 is 13.6 Å². The Bertz CT molecular complexity index is 948. The maximum atomic E-state index is 12.8. The van der Waals surface area contributed by atoms with Crippen molar-refractivity contribution in [2.24, 2.45) is 5.92 Å². The molecule has 28 heavy (non-hydrogen) atoms. The zero-order valence-corrected chi connectivity index (χ0v) is 15.9. The minimum atomic E-state index is -0.119. The predicted octanol–water partition coefficient (Wildman–Crippen LogP) is 4.42. The zero-order chi connectivity index (χ0) is 19.1. The first-order valence-electron chi connectivity index (χ1n) is 9.97. The summed E-state index contributed by atoms with van der Waals surface area (Å²) in [6.07, 6.45) is 5.72. The quantitative estimate of drug-likeness (QED) is 0.732. The van der Waals surface area contributed by atoms with Crippen LogP contribution in [0.25, 0.3) is 22.5 Å². The van der Waals surface area contributed by atoms with Crippen molar-refractivity contribution in [3.8, 4) is 22.5 Å². The molecule has 6 rings (SSSR count). The first-order chi connectivity index (χ1) is 13.7. The standard InChI is InChI=1S/C23H24N2O3/c1-15-22(18-8-11-25(15)12-9-18)24-23(26)21-7-6-20(28-21)17-4-2-16(3-5-17)19-10-13-27-14-19/h2-7,10,13-15,18,22H,8-9,11-12H2,1H3,(H,24,26)/t15-,22+/m1/s1. The fraction of sp³-hybridized carbons (Fsp3) is 0.348. The highest BCUT2D eigenvalue weighted by molar-refractivity contribution is 5.92. The van der Waals surface area contributed by atoms with Crippen LogP contribution in [0.15, 0.2) is 63.8 Å². The van der Waals surface area contributed by atoms with Gasteiger partial charge in [-0.15, -0.1) is 0 Å². The predicted molar refractivity (Wildman–Crippen MR) is 107 cm³/mol. The lowest BCUT2D eigenvalue weighted by Crippen LogP contribution is -2.62. The first kappa shape index (κ1) is 17.3. The summed E-state index contributed by atoms with van der Waals surface area (Å²) < 4.78 is 11.0. The number of benzene rings is 1. The normalized spacial score (nSPS) is 26.3. The molecule has 1 amide bonds. The fourth-order valence-corrected chi connectivity index (χ4v) is 4.64. The van der Waals surface area contributed by atoms with Gasteiger partial charge in [0.2, 0.25) is 0 Å². The number of amides is 1. The van der Waals surface area contributed by atoms with Gasteiger partial charge in [0, 0.05) is 23.2 Å². The molecule has 5 nitrogen and oxygen atoms in total. The van der Waals surface area contributed by atoms with Gasteiger partial charge in [0.25, 0.3) is 5.91 Å². The second kappa shape index (κ2) is 6.99. The fourth-order valence-electron chi connectivity index (χ4n) is 4.64. The molecule has 3 aliphatic heterocycles. The van der Waals surface area contributed by atoms with Gasteiger partial charge in [0.15, 0.2) is 5.76 Å². The first-order valence-corrected chi connectivity index (χ1v) is 9.97. The van der Waals surface area contributed by atoms with Crippen LogP contribution in [0.2, 0.25) is 0 Å². The van der Waals surface area contributed by atoms with Crippen LogP contribution >= 0.6 is 0 Å². The molecular formula is C23H24N2O3. The summed E-state index contributed by atoms with van der Waals surface area (Å²) in [5, 5.41) is 3.22. The number of hydrogen-bond donors (Lipinski definition) is 1. The maximum Gasteiger partial charge on any atom is 0.287 e. The maximum absolute atomic E-state index is 12.8. The van der Waals surface area contributed by atoms with E-state index in [9.17, 15) is 4.79 Å². The molecule has 1 aromatic carbocycles. The third-order valence-corrected chi connectivity index (χ3v) is 6.33. The van der Waals surface area contributed by atoms with Gasteiger partial charge < -0.3 is 14.2 Å². The van der Waals surface area contributed by atoms with E-state index in [0.717, 1.165) is 29.8 Å². The SMILES string of the molecule is C[C@@H]1[C@H](NC(=O)c2ccc(-c3ccc(-c4ccoc4)cc3)o2)C2CCN1CC2. The van der Waals surface area contributed by atoms with Gasteiger partial charge in [-0.3, -0.25) is 9.69 Å². The Morgan fingerprint density at radius 1 is 1.00 bits per heavy atom. The van der Waals surface area contributed by atoms with Crippen molar-refractivity contribution >= 4 is 5.91 Å². The third kappa shape index (κ3) is 3.06. The summed E-state index contributed by atoms with van der Waals surface area (Å²) in [7, 11) is 0. The van der Waals surface area contributed by atoms with E-state index in [4.69, 9.17) is 8.83 Å². The van der Waals surface area contributed by atoms with Gasteiger partial charge >= 0.3 is 0 Å². The van der Waals surface area contributed by atoms with Crippen LogP contribution in [-0.4, -0.2) is 36.0 Å². The average molecular weight is 376 g/mol. The van der Waals surface area contributed by atoms with Crippen LogP contribution in [0.5, 0.6) is 0 Å². The van der Waals surface area contributed by atoms with Crippen LogP contribution in [0, 0.1) is 5.92 Å². The highest BCUT2D eigenvalue weighted by Crippen LogP contribution is 2.32. The lowest BCUT2D eigenvalue weighted by Gasteiger charge is -2.49. The van der Waals surface area contributed by atoms with Crippen molar-refractivity contribution in [2.45, 2.75) is 31.8 Å². The van der Waals surface area contributed by atoms with E-state index in [-0.39, 0.29) is 11.9 Å². The smallest absolute Gasteiger partial charge is 0.287 e. The van der Waals surface area contributed by atoms with E-state index in [1.807, 2.05) is 36.4 Å². The summed E-state index contributed by atoms with van der Waals surface area (Å²) in [6.45, 7) is 4.52. The Kier molecular flexibility index (Phi) is 4.32. The molecular weight excluding hydrogens is 352 g/mol. The number of furan rings is 2. The summed E-state index contributed by atoms with van der Waals surface area (Å²) in [5.41, 5.74) is 3.07. The van der Waals surface area contributed by atoms with Gasteiger partial charge in [-0.05, 0) is 62.5 Å². The molecule has 3 aliphatic rings. The van der Waals surface area contributed by atoms with E-state index >= 15 is 0 Å². The van der Waals surface area contributed by atoms with Crippen LogP contribution < -0.4 is 5.32 Å². The average Bonchev–Trinajstić information content (AvgIpc) is 3.43. The largest absolute Gasteiger partial charge is 0.472 e. The Balaban J connectivity index is 1.30. The van der Waals surface area contributed by atoms with Gasteiger partial charge in [0.05, 0.1) is 12.5 Å². The molecule has 2 atom stereocenters. The van der Waals surface area contributed by atoms with Crippen LogP contribution in [0.4, 0.5) is 0 Å². The van der Waals surface area contributed by atoms with Crippen molar-refractivity contribution in [1.82, 2.24) is 10.2 Å². The molecule has 0 aliphatic carbocycles.